The summed E-state index contributed by atoms with van der Waals surface area (Å²) in [7, 11) is 3.77. The van der Waals surface area contributed by atoms with E-state index in [0.29, 0.717) is 12.3 Å². The van der Waals surface area contributed by atoms with Gasteiger partial charge in [-0.2, -0.15) is 0 Å². The second-order valence-electron chi connectivity index (χ2n) is 2.54. The summed E-state index contributed by atoms with van der Waals surface area (Å²) in [6.45, 7) is 0.583. The average Bonchev–Trinajstić information content (AvgIpc) is 1.58. The van der Waals surface area contributed by atoms with Crippen LogP contribution in [-0.4, -0.2) is 37.1 Å². The number of hydrogen-bond acceptors (Lipinski definition) is 3. The first kappa shape index (κ1) is 13.0. The minimum absolute atomic E-state index is 0. The summed E-state index contributed by atoms with van der Waals surface area (Å²) in [5, 5.41) is 14.2. The Morgan fingerprint density at radius 3 is 2.09 bits per heavy atom. The summed E-state index contributed by atoms with van der Waals surface area (Å²) in [6.07, 6.45) is 0.290. The van der Waals surface area contributed by atoms with Crippen molar-refractivity contribution in [3.05, 3.63) is 0 Å². The summed E-state index contributed by atoms with van der Waals surface area (Å²) in [5.41, 5.74) is 5.58. The molecule has 0 aromatic heterocycles. The average molecular weight is 179 g/mol. The smallest absolute Gasteiger partial charge is 0.0962 e. The minimum atomic E-state index is 0. The van der Waals surface area contributed by atoms with Gasteiger partial charge in [0.1, 0.15) is 0 Å². The third-order valence-corrected chi connectivity index (χ3v) is 0.911. The molecular weight excluding hydrogens is 164 g/mol. The van der Waals surface area contributed by atoms with Crippen LogP contribution in [0.3, 0.4) is 0 Å². The van der Waals surface area contributed by atoms with Crippen molar-refractivity contribution in [1.29, 1.82) is 10.8 Å². The Kier molecular flexibility index (Phi) is 7.24. The molecule has 0 atom stereocenters. The first-order chi connectivity index (χ1) is 4.52. The largest absolute Gasteiger partial charge is 0.387 e. The highest BCUT2D eigenvalue weighted by molar-refractivity contribution is 6.00. The number of nitrogens with two attached hydrogens (primary N) is 1. The third kappa shape index (κ3) is 9.39. The van der Waals surface area contributed by atoms with Crippen LogP contribution in [0.2, 0.25) is 0 Å². The van der Waals surface area contributed by atoms with E-state index in [9.17, 15) is 0 Å². The molecule has 11 heavy (non-hydrogen) atoms. The number of amidine groups is 1. The zero-order valence-electron chi connectivity index (χ0n) is 6.85. The molecule has 0 aliphatic carbocycles. The Balaban J connectivity index is 0. The standard InChI is InChI=1S/C6H14N4.ClH/c1-10(2)4-5(7)3-6(8)9;/h7H,3-4H2,1-2H3,(H3,8,9);1H. The highest BCUT2D eigenvalue weighted by atomic mass is 35.5. The van der Waals surface area contributed by atoms with Crippen molar-refractivity contribution >= 4 is 24.0 Å². The second-order valence-corrected chi connectivity index (χ2v) is 2.54. The Morgan fingerprint density at radius 1 is 1.36 bits per heavy atom. The van der Waals surface area contributed by atoms with E-state index in [1.807, 2.05) is 19.0 Å². The molecule has 0 aromatic carbocycles. The van der Waals surface area contributed by atoms with E-state index in [2.05, 4.69) is 0 Å². The fourth-order valence-electron chi connectivity index (χ4n) is 0.668. The molecule has 0 spiro atoms. The molecule has 4 nitrogen and oxygen atoms in total. The van der Waals surface area contributed by atoms with Crippen LogP contribution < -0.4 is 5.73 Å². The molecule has 0 aliphatic rings. The highest BCUT2D eigenvalue weighted by Gasteiger charge is 1.99. The van der Waals surface area contributed by atoms with Crippen LogP contribution in [0.5, 0.6) is 0 Å². The van der Waals surface area contributed by atoms with Crippen LogP contribution >= 0.6 is 12.4 Å². The lowest BCUT2D eigenvalue weighted by atomic mass is 10.2. The maximum Gasteiger partial charge on any atom is 0.0962 e. The molecule has 5 heteroatoms. The number of hydrogen-bond donors (Lipinski definition) is 3. The Morgan fingerprint density at radius 2 is 1.82 bits per heavy atom. The van der Waals surface area contributed by atoms with Gasteiger partial charge in [0.2, 0.25) is 0 Å². The Bertz CT molecular complexity index is 144. The van der Waals surface area contributed by atoms with Crippen LogP contribution in [0.15, 0.2) is 0 Å². The molecule has 0 radical (unpaired) electrons. The van der Waals surface area contributed by atoms with Gasteiger partial charge >= 0.3 is 0 Å². The zero-order chi connectivity index (χ0) is 8.15. The zero-order valence-corrected chi connectivity index (χ0v) is 7.66. The van der Waals surface area contributed by atoms with E-state index in [-0.39, 0.29) is 24.7 Å². The van der Waals surface area contributed by atoms with Gasteiger partial charge in [0.05, 0.1) is 5.84 Å². The van der Waals surface area contributed by atoms with Gasteiger partial charge in [0, 0.05) is 18.7 Å². The molecular formula is C6H15ClN4. The van der Waals surface area contributed by atoms with Crippen molar-refractivity contribution in [2.45, 2.75) is 6.42 Å². The summed E-state index contributed by atoms with van der Waals surface area (Å²) < 4.78 is 0. The number of rotatable bonds is 4. The molecule has 0 heterocycles. The molecule has 0 aliphatic heterocycles. The van der Waals surface area contributed by atoms with Crippen LogP contribution in [0, 0.1) is 10.8 Å². The predicted octanol–water partition coefficient (Wildman–Crippen LogP) is 0.316. The topological polar surface area (TPSA) is 77.0 Å². The lowest BCUT2D eigenvalue weighted by Crippen LogP contribution is -2.25. The molecule has 0 saturated carbocycles. The molecule has 66 valence electrons. The molecule has 0 saturated heterocycles. The maximum absolute atomic E-state index is 7.29. The first-order valence-electron chi connectivity index (χ1n) is 3.06. The van der Waals surface area contributed by atoms with Gasteiger partial charge in [-0.15, -0.1) is 12.4 Å². The molecule has 0 unspecified atom stereocenters. The molecule has 0 fully saturated rings. The van der Waals surface area contributed by atoms with Crippen molar-refractivity contribution in [3.63, 3.8) is 0 Å². The molecule has 0 bridgehead atoms. The summed E-state index contributed by atoms with van der Waals surface area (Å²) in [6, 6.07) is 0. The van der Waals surface area contributed by atoms with Gasteiger partial charge in [0.15, 0.2) is 0 Å². The number of nitrogens with one attached hydrogen (secondary N) is 2. The molecule has 0 rings (SSSR count). The lowest BCUT2D eigenvalue weighted by molar-refractivity contribution is 0.467. The summed E-state index contributed by atoms with van der Waals surface area (Å²) in [5.74, 6) is 0.0619. The van der Waals surface area contributed by atoms with E-state index in [4.69, 9.17) is 16.6 Å². The molecule has 4 N–H and O–H groups in total. The quantitative estimate of drug-likeness (QED) is 0.428. The van der Waals surface area contributed by atoms with E-state index in [1.165, 1.54) is 0 Å². The van der Waals surface area contributed by atoms with Gasteiger partial charge in [-0.25, -0.2) is 0 Å². The minimum Gasteiger partial charge on any atom is -0.387 e. The van der Waals surface area contributed by atoms with Crippen molar-refractivity contribution in [2.24, 2.45) is 5.73 Å². The van der Waals surface area contributed by atoms with Crippen LogP contribution in [0.25, 0.3) is 0 Å². The fourth-order valence-corrected chi connectivity index (χ4v) is 0.668. The van der Waals surface area contributed by atoms with E-state index < -0.39 is 0 Å². The van der Waals surface area contributed by atoms with E-state index in [0.717, 1.165) is 0 Å². The van der Waals surface area contributed by atoms with E-state index >= 15 is 0 Å². The molecule has 0 amide bonds. The fraction of sp³-hybridized carbons (Fsp3) is 0.667. The first-order valence-corrected chi connectivity index (χ1v) is 3.06. The van der Waals surface area contributed by atoms with Gasteiger partial charge in [0.25, 0.3) is 0 Å². The Labute approximate surface area is 73.2 Å². The second kappa shape index (κ2) is 6.12. The van der Waals surface area contributed by atoms with E-state index in [1.54, 1.807) is 0 Å². The van der Waals surface area contributed by atoms with Crippen LogP contribution in [-0.2, 0) is 0 Å². The number of nitrogens with zero attached hydrogens (tertiary/aromatic N) is 1. The summed E-state index contributed by atoms with van der Waals surface area (Å²) in [4.78, 5) is 1.88. The van der Waals surface area contributed by atoms with Gasteiger partial charge < -0.3 is 16.0 Å². The molecule has 0 aromatic rings. The monoisotopic (exact) mass is 178 g/mol. The highest BCUT2D eigenvalue weighted by Crippen LogP contribution is 1.84. The lowest BCUT2D eigenvalue weighted by Gasteiger charge is -2.09. The van der Waals surface area contributed by atoms with Gasteiger partial charge in [-0.3, -0.25) is 5.41 Å². The van der Waals surface area contributed by atoms with Gasteiger partial charge in [-0.05, 0) is 14.1 Å². The maximum atomic E-state index is 7.29. The van der Waals surface area contributed by atoms with Crippen molar-refractivity contribution < 1.29 is 0 Å². The van der Waals surface area contributed by atoms with Crippen molar-refractivity contribution in [2.75, 3.05) is 20.6 Å². The van der Waals surface area contributed by atoms with Crippen LogP contribution in [0.4, 0.5) is 0 Å². The van der Waals surface area contributed by atoms with Crippen molar-refractivity contribution in [3.8, 4) is 0 Å². The SMILES string of the molecule is CN(C)CC(=N)CC(=N)N.Cl. The van der Waals surface area contributed by atoms with Crippen LogP contribution in [0.1, 0.15) is 6.42 Å². The normalized spacial score (nSPS) is 9.00. The Hall–Kier alpha value is -0.610. The van der Waals surface area contributed by atoms with Crippen molar-refractivity contribution in [1.82, 2.24) is 4.90 Å². The summed E-state index contributed by atoms with van der Waals surface area (Å²) >= 11 is 0. The predicted molar refractivity (Wildman–Crippen MR) is 50.1 cm³/mol. The number of halogens is 1. The third-order valence-electron chi connectivity index (χ3n) is 0.911. The van der Waals surface area contributed by atoms with Gasteiger partial charge in [-0.1, -0.05) is 0 Å².